The van der Waals surface area contributed by atoms with Crippen LogP contribution in [0, 0.1) is 11.6 Å². The Morgan fingerprint density at radius 3 is 2.50 bits per heavy atom. The summed E-state index contributed by atoms with van der Waals surface area (Å²) in [6.45, 7) is 0. The number of esters is 1. The zero-order valence-electron chi connectivity index (χ0n) is 13.0. The Morgan fingerprint density at radius 2 is 1.83 bits per heavy atom. The number of hydrogen-bond acceptors (Lipinski definition) is 4. The van der Waals surface area contributed by atoms with Gasteiger partial charge in [-0.05, 0) is 42.5 Å². The van der Waals surface area contributed by atoms with Crippen LogP contribution in [0.1, 0.15) is 10.4 Å². The van der Waals surface area contributed by atoms with E-state index in [2.05, 4.69) is 9.72 Å². The van der Waals surface area contributed by atoms with Crippen LogP contribution in [0.5, 0.6) is 5.75 Å². The van der Waals surface area contributed by atoms with E-state index < -0.39 is 17.6 Å². The Bertz CT molecular complexity index is 941. The molecule has 0 radical (unpaired) electrons. The first-order valence-electron chi connectivity index (χ1n) is 7.06. The minimum Gasteiger partial charge on any atom is -0.494 e. The average molecular weight is 329 g/mol. The summed E-state index contributed by atoms with van der Waals surface area (Å²) in [5.74, 6) is -1.64. The molecule has 122 valence electrons. The highest BCUT2D eigenvalue weighted by molar-refractivity contribution is 5.90. The van der Waals surface area contributed by atoms with E-state index in [-0.39, 0.29) is 22.3 Å². The molecule has 0 bridgehead atoms. The standard InChI is InChI=1S/C18H13F2NO3/c1-23-16-8-7-15-12(17(16)20)5-6-14(21-15)11-4-3-10(9-13(11)19)18(22)24-2/h3-9H,1-2H3. The van der Waals surface area contributed by atoms with Gasteiger partial charge in [-0.15, -0.1) is 0 Å². The summed E-state index contributed by atoms with van der Waals surface area (Å²) in [7, 11) is 2.60. The van der Waals surface area contributed by atoms with Crippen LogP contribution in [0.15, 0.2) is 42.5 Å². The largest absolute Gasteiger partial charge is 0.494 e. The van der Waals surface area contributed by atoms with Gasteiger partial charge in [0.15, 0.2) is 11.6 Å². The summed E-state index contributed by atoms with van der Waals surface area (Å²) in [6, 6.07) is 10.1. The highest BCUT2D eigenvalue weighted by atomic mass is 19.1. The molecule has 1 aromatic heterocycles. The van der Waals surface area contributed by atoms with E-state index in [0.717, 1.165) is 6.07 Å². The maximum absolute atomic E-state index is 14.3. The number of rotatable bonds is 3. The Labute approximate surface area is 136 Å². The molecule has 1 heterocycles. The molecule has 2 aromatic carbocycles. The minimum absolute atomic E-state index is 0.107. The molecule has 0 spiro atoms. The summed E-state index contributed by atoms with van der Waals surface area (Å²) in [5, 5.41) is 0.282. The Balaban J connectivity index is 2.08. The van der Waals surface area contributed by atoms with Crippen LogP contribution in [-0.4, -0.2) is 25.2 Å². The van der Waals surface area contributed by atoms with Gasteiger partial charge in [0, 0.05) is 10.9 Å². The maximum atomic E-state index is 14.3. The van der Waals surface area contributed by atoms with Gasteiger partial charge in [-0.25, -0.2) is 18.6 Å². The van der Waals surface area contributed by atoms with Crippen LogP contribution < -0.4 is 4.74 Å². The fourth-order valence-corrected chi connectivity index (χ4v) is 2.42. The first-order chi connectivity index (χ1) is 11.5. The zero-order chi connectivity index (χ0) is 17.3. The van der Waals surface area contributed by atoms with Crippen molar-refractivity contribution in [3.8, 4) is 17.0 Å². The molecule has 0 unspecified atom stereocenters. The number of hydrogen-bond donors (Lipinski definition) is 0. The maximum Gasteiger partial charge on any atom is 0.337 e. The van der Waals surface area contributed by atoms with Crippen molar-refractivity contribution in [2.75, 3.05) is 14.2 Å². The minimum atomic E-state index is -0.624. The van der Waals surface area contributed by atoms with Gasteiger partial charge < -0.3 is 9.47 Å². The second kappa shape index (κ2) is 6.23. The number of carbonyl (C=O) groups excluding carboxylic acids is 1. The van der Waals surface area contributed by atoms with Crippen LogP contribution in [0.3, 0.4) is 0 Å². The van der Waals surface area contributed by atoms with Gasteiger partial charge >= 0.3 is 5.97 Å². The Kier molecular flexibility index (Phi) is 4.12. The monoisotopic (exact) mass is 329 g/mol. The van der Waals surface area contributed by atoms with Gasteiger partial charge in [0.05, 0.1) is 31.0 Å². The van der Waals surface area contributed by atoms with E-state index in [0.29, 0.717) is 11.2 Å². The van der Waals surface area contributed by atoms with E-state index >= 15 is 0 Å². The molecular formula is C18H13F2NO3. The molecule has 6 heteroatoms. The predicted octanol–water partition coefficient (Wildman–Crippen LogP) is 3.98. The van der Waals surface area contributed by atoms with E-state index in [9.17, 15) is 13.6 Å². The zero-order valence-corrected chi connectivity index (χ0v) is 13.0. The summed E-state index contributed by atoms with van der Waals surface area (Å²) < 4.78 is 37.9. The molecule has 0 saturated heterocycles. The smallest absolute Gasteiger partial charge is 0.337 e. The van der Waals surface area contributed by atoms with Gasteiger partial charge in [-0.3, -0.25) is 0 Å². The van der Waals surface area contributed by atoms with Gasteiger partial charge in [-0.2, -0.15) is 0 Å². The third kappa shape index (κ3) is 2.67. The van der Waals surface area contributed by atoms with Crippen molar-refractivity contribution in [1.82, 2.24) is 4.98 Å². The second-order valence-electron chi connectivity index (χ2n) is 5.03. The van der Waals surface area contributed by atoms with Crippen LogP contribution in [0.25, 0.3) is 22.2 Å². The number of benzene rings is 2. The molecule has 0 saturated carbocycles. The molecule has 24 heavy (non-hydrogen) atoms. The van der Waals surface area contributed by atoms with E-state index in [1.54, 1.807) is 6.07 Å². The lowest BCUT2D eigenvalue weighted by molar-refractivity contribution is 0.0600. The first kappa shape index (κ1) is 15.9. The third-order valence-corrected chi connectivity index (χ3v) is 3.66. The number of ether oxygens (including phenoxy) is 2. The molecule has 0 aliphatic rings. The third-order valence-electron chi connectivity index (χ3n) is 3.66. The number of carbonyl (C=O) groups is 1. The highest BCUT2D eigenvalue weighted by Crippen LogP contribution is 2.29. The molecule has 0 atom stereocenters. The normalized spacial score (nSPS) is 10.7. The quantitative estimate of drug-likeness (QED) is 0.682. The molecule has 3 rings (SSSR count). The number of nitrogens with zero attached hydrogens (tertiary/aromatic N) is 1. The number of fused-ring (bicyclic) bond motifs is 1. The molecule has 0 fully saturated rings. The van der Waals surface area contributed by atoms with Crippen molar-refractivity contribution in [3.63, 3.8) is 0 Å². The van der Waals surface area contributed by atoms with Crippen molar-refractivity contribution in [2.24, 2.45) is 0 Å². The summed E-state index contributed by atoms with van der Waals surface area (Å²) in [5.41, 5.74) is 1.03. The lowest BCUT2D eigenvalue weighted by Gasteiger charge is -2.08. The summed E-state index contributed by atoms with van der Waals surface area (Å²) in [4.78, 5) is 15.7. The van der Waals surface area contributed by atoms with Gasteiger partial charge in [0.2, 0.25) is 0 Å². The average Bonchev–Trinajstić information content (AvgIpc) is 2.61. The number of halogens is 2. The molecular weight excluding hydrogens is 316 g/mol. The van der Waals surface area contributed by atoms with Crippen molar-refractivity contribution in [2.45, 2.75) is 0 Å². The van der Waals surface area contributed by atoms with Crippen molar-refractivity contribution < 1.29 is 23.0 Å². The Hall–Kier alpha value is -3.02. The fourth-order valence-electron chi connectivity index (χ4n) is 2.42. The first-order valence-corrected chi connectivity index (χ1v) is 7.06. The molecule has 0 aliphatic heterocycles. The molecule has 4 nitrogen and oxygen atoms in total. The van der Waals surface area contributed by atoms with Crippen LogP contribution >= 0.6 is 0 Å². The van der Waals surface area contributed by atoms with Crippen molar-refractivity contribution >= 4 is 16.9 Å². The fraction of sp³-hybridized carbons (Fsp3) is 0.111. The van der Waals surface area contributed by atoms with E-state index in [1.165, 1.54) is 44.6 Å². The molecule has 3 aromatic rings. The highest BCUT2D eigenvalue weighted by Gasteiger charge is 2.14. The van der Waals surface area contributed by atoms with Crippen molar-refractivity contribution in [3.05, 3.63) is 59.7 Å². The Morgan fingerprint density at radius 1 is 1.04 bits per heavy atom. The predicted molar refractivity (Wildman–Crippen MR) is 85.0 cm³/mol. The second-order valence-corrected chi connectivity index (χ2v) is 5.03. The van der Waals surface area contributed by atoms with Crippen LogP contribution in [-0.2, 0) is 4.74 Å². The lowest BCUT2D eigenvalue weighted by Crippen LogP contribution is -2.02. The van der Waals surface area contributed by atoms with Gasteiger partial charge in [-0.1, -0.05) is 0 Å². The SMILES string of the molecule is COC(=O)c1ccc(-c2ccc3c(F)c(OC)ccc3n2)c(F)c1. The topological polar surface area (TPSA) is 48.4 Å². The van der Waals surface area contributed by atoms with Crippen LogP contribution in [0.4, 0.5) is 8.78 Å². The number of pyridine rings is 1. The van der Waals surface area contributed by atoms with E-state index in [4.69, 9.17) is 4.74 Å². The number of aromatic nitrogens is 1. The van der Waals surface area contributed by atoms with Gasteiger partial charge in [0.1, 0.15) is 5.82 Å². The summed E-state index contributed by atoms with van der Waals surface area (Å²) in [6.07, 6.45) is 0. The molecule has 0 N–H and O–H groups in total. The van der Waals surface area contributed by atoms with E-state index in [1.807, 2.05) is 0 Å². The molecule has 0 aliphatic carbocycles. The van der Waals surface area contributed by atoms with Crippen LogP contribution in [0.2, 0.25) is 0 Å². The van der Waals surface area contributed by atoms with Crippen molar-refractivity contribution in [1.29, 1.82) is 0 Å². The van der Waals surface area contributed by atoms with Gasteiger partial charge in [0.25, 0.3) is 0 Å². The molecule has 0 amide bonds. The lowest BCUT2D eigenvalue weighted by atomic mass is 10.1. The number of methoxy groups -OCH3 is 2. The summed E-state index contributed by atoms with van der Waals surface area (Å²) >= 11 is 0.